The van der Waals surface area contributed by atoms with Crippen molar-refractivity contribution in [1.82, 2.24) is 4.90 Å². The SMILES string of the molecule is Cc1cc(C)c(C(CN)N(C)CC2CC2C)cc1C. The zero-order valence-corrected chi connectivity index (χ0v) is 13.0. The van der Waals surface area contributed by atoms with Crippen LogP contribution in [-0.2, 0) is 0 Å². The second-order valence-corrected chi connectivity index (χ2v) is 6.46. The first kappa shape index (κ1) is 14.5. The van der Waals surface area contributed by atoms with Crippen LogP contribution < -0.4 is 5.73 Å². The van der Waals surface area contributed by atoms with Gasteiger partial charge in [-0.2, -0.15) is 0 Å². The quantitative estimate of drug-likeness (QED) is 0.881. The highest BCUT2D eigenvalue weighted by atomic mass is 15.1. The molecule has 1 aliphatic rings. The summed E-state index contributed by atoms with van der Waals surface area (Å²) in [6.45, 7) is 10.8. The monoisotopic (exact) mass is 260 g/mol. The molecule has 106 valence electrons. The minimum absolute atomic E-state index is 0.354. The van der Waals surface area contributed by atoms with Gasteiger partial charge >= 0.3 is 0 Å². The Balaban J connectivity index is 2.18. The van der Waals surface area contributed by atoms with Crippen LogP contribution in [0.4, 0.5) is 0 Å². The molecule has 3 unspecified atom stereocenters. The summed E-state index contributed by atoms with van der Waals surface area (Å²) in [7, 11) is 2.22. The third-order valence-corrected chi connectivity index (χ3v) is 4.80. The molecule has 1 aromatic carbocycles. The summed E-state index contributed by atoms with van der Waals surface area (Å²) in [5.41, 5.74) is 11.6. The predicted octanol–water partition coefficient (Wildman–Crippen LogP) is 3.20. The molecule has 0 bridgehead atoms. The molecule has 19 heavy (non-hydrogen) atoms. The van der Waals surface area contributed by atoms with Gasteiger partial charge in [-0.15, -0.1) is 0 Å². The van der Waals surface area contributed by atoms with Crippen molar-refractivity contribution in [3.63, 3.8) is 0 Å². The maximum absolute atomic E-state index is 6.05. The van der Waals surface area contributed by atoms with E-state index in [0.717, 1.165) is 11.8 Å². The van der Waals surface area contributed by atoms with Gasteiger partial charge in [0.05, 0.1) is 0 Å². The second kappa shape index (κ2) is 5.64. The van der Waals surface area contributed by atoms with Gasteiger partial charge in [0, 0.05) is 19.1 Å². The molecule has 0 amide bonds. The van der Waals surface area contributed by atoms with Crippen molar-refractivity contribution in [2.75, 3.05) is 20.1 Å². The van der Waals surface area contributed by atoms with Crippen molar-refractivity contribution in [3.8, 4) is 0 Å². The molecule has 0 spiro atoms. The van der Waals surface area contributed by atoms with Gasteiger partial charge in [0.2, 0.25) is 0 Å². The van der Waals surface area contributed by atoms with Crippen LogP contribution >= 0.6 is 0 Å². The van der Waals surface area contributed by atoms with E-state index in [1.165, 1.54) is 35.2 Å². The molecule has 1 aromatic rings. The molecule has 1 aliphatic carbocycles. The molecule has 1 saturated carbocycles. The van der Waals surface area contributed by atoms with E-state index in [1.807, 2.05) is 0 Å². The largest absolute Gasteiger partial charge is 0.329 e. The number of nitrogens with two attached hydrogens (primary N) is 1. The maximum Gasteiger partial charge on any atom is 0.0470 e. The Hall–Kier alpha value is -0.860. The van der Waals surface area contributed by atoms with Gasteiger partial charge in [-0.05, 0) is 68.3 Å². The molecular weight excluding hydrogens is 232 g/mol. The van der Waals surface area contributed by atoms with E-state index in [1.54, 1.807) is 0 Å². The first-order valence-corrected chi connectivity index (χ1v) is 7.42. The number of aryl methyl sites for hydroxylation is 3. The Morgan fingerprint density at radius 1 is 1.21 bits per heavy atom. The van der Waals surface area contributed by atoms with Crippen molar-refractivity contribution < 1.29 is 0 Å². The number of nitrogens with zero attached hydrogens (tertiary/aromatic N) is 1. The number of likely N-dealkylation sites (N-methyl/N-ethyl adjacent to an activating group) is 1. The zero-order chi connectivity index (χ0) is 14.2. The summed E-state index contributed by atoms with van der Waals surface area (Å²) in [5, 5.41) is 0. The Morgan fingerprint density at radius 3 is 2.32 bits per heavy atom. The summed E-state index contributed by atoms with van der Waals surface area (Å²) in [6, 6.07) is 4.97. The van der Waals surface area contributed by atoms with Crippen molar-refractivity contribution in [1.29, 1.82) is 0 Å². The van der Waals surface area contributed by atoms with Crippen molar-refractivity contribution in [3.05, 3.63) is 34.4 Å². The molecule has 0 heterocycles. The van der Waals surface area contributed by atoms with E-state index >= 15 is 0 Å². The van der Waals surface area contributed by atoms with Crippen LogP contribution in [-0.4, -0.2) is 25.0 Å². The lowest BCUT2D eigenvalue weighted by Crippen LogP contribution is -2.33. The number of hydrogen-bond donors (Lipinski definition) is 1. The third-order valence-electron chi connectivity index (χ3n) is 4.80. The summed E-state index contributed by atoms with van der Waals surface area (Å²) in [6.07, 6.45) is 1.38. The topological polar surface area (TPSA) is 29.3 Å². The van der Waals surface area contributed by atoms with E-state index in [2.05, 4.69) is 51.8 Å². The molecule has 2 rings (SSSR count). The minimum atomic E-state index is 0.354. The fraction of sp³-hybridized carbons (Fsp3) is 0.647. The molecule has 0 aliphatic heterocycles. The van der Waals surface area contributed by atoms with E-state index in [4.69, 9.17) is 5.73 Å². The van der Waals surface area contributed by atoms with Gasteiger partial charge < -0.3 is 5.73 Å². The number of benzene rings is 1. The third kappa shape index (κ3) is 3.18. The average Bonchev–Trinajstić information content (AvgIpc) is 3.02. The van der Waals surface area contributed by atoms with Crippen LogP contribution in [0.5, 0.6) is 0 Å². The van der Waals surface area contributed by atoms with Crippen LogP contribution in [0, 0.1) is 32.6 Å². The van der Waals surface area contributed by atoms with Gasteiger partial charge in [0.15, 0.2) is 0 Å². The fourth-order valence-corrected chi connectivity index (χ4v) is 3.04. The summed E-state index contributed by atoms with van der Waals surface area (Å²) >= 11 is 0. The molecular formula is C17H28N2. The normalized spacial score (nSPS) is 23.7. The highest BCUT2D eigenvalue weighted by molar-refractivity contribution is 5.38. The number of hydrogen-bond acceptors (Lipinski definition) is 2. The molecule has 0 radical (unpaired) electrons. The zero-order valence-electron chi connectivity index (χ0n) is 13.0. The Labute approximate surface area is 118 Å². The minimum Gasteiger partial charge on any atom is -0.329 e. The van der Waals surface area contributed by atoms with Gasteiger partial charge in [-0.3, -0.25) is 4.90 Å². The lowest BCUT2D eigenvalue weighted by Gasteiger charge is -2.29. The van der Waals surface area contributed by atoms with Crippen LogP contribution in [0.3, 0.4) is 0 Å². The molecule has 2 nitrogen and oxygen atoms in total. The first-order valence-electron chi connectivity index (χ1n) is 7.42. The Morgan fingerprint density at radius 2 is 1.79 bits per heavy atom. The van der Waals surface area contributed by atoms with Crippen molar-refractivity contribution in [2.45, 2.75) is 40.2 Å². The van der Waals surface area contributed by atoms with E-state index < -0.39 is 0 Å². The standard InChI is InChI=1S/C17H28N2/c1-11-6-14(4)16(8-12(11)2)17(9-18)19(5)10-15-7-13(15)3/h6,8,13,15,17H,7,9-10,18H2,1-5H3. The lowest BCUT2D eigenvalue weighted by atomic mass is 9.95. The molecule has 2 N–H and O–H groups in total. The van der Waals surface area contributed by atoms with E-state index in [0.29, 0.717) is 12.6 Å². The highest BCUT2D eigenvalue weighted by Gasteiger charge is 2.34. The van der Waals surface area contributed by atoms with Crippen LogP contribution in [0.1, 0.15) is 41.6 Å². The molecule has 0 aromatic heterocycles. The van der Waals surface area contributed by atoms with E-state index in [-0.39, 0.29) is 0 Å². The highest BCUT2D eigenvalue weighted by Crippen LogP contribution is 2.39. The van der Waals surface area contributed by atoms with Gasteiger partial charge in [-0.1, -0.05) is 19.1 Å². The molecule has 3 atom stereocenters. The van der Waals surface area contributed by atoms with Crippen LogP contribution in [0.25, 0.3) is 0 Å². The van der Waals surface area contributed by atoms with Crippen molar-refractivity contribution >= 4 is 0 Å². The predicted molar refractivity (Wildman–Crippen MR) is 82.3 cm³/mol. The maximum atomic E-state index is 6.05. The van der Waals surface area contributed by atoms with Gasteiger partial charge in [0.25, 0.3) is 0 Å². The average molecular weight is 260 g/mol. The molecule has 2 heteroatoms. The van der Waals surface area contributed by atoms with Crippen LogP contribution in [0.2, 0.25) is 0 Å². The fourth-order valence-electron chi connectivity index (χ4n) is 3.04. The van der Waals surface area contributed by atoms with Gasteiger partial charge in [0.1, 0.15) is 0 Å². The summed E-state index contributed by atoms with van der Waals surface area (Å²) in [5.74, 6) is 1.78. The summed E-state index contributed by atoms with van der Waals surface area (Å²) in [4.78, 5) is 2.45. The molecule has 0 saturated heterocycles. The van der Waals surface area contributed by atoms with Gasteiger partial charge in [-0.25, -0.2) is 0 Å². The Kier molecular flexibility index (Phi) is 4.32. The summed E-state index contributed by atoms with van der Waals surface area (Å²) < 4.78 is 0. The smallest absolute Gasteiger partial charge is 0.0470 e. The Bertz CT molecular complexity index is 453. The number of rotatable bonds is 5. The van der Waals surface area contributed by atoms with E-state index in [9.17, 15) is 0 Å². The van der Waals surface area contributed by atoms with Crippen LogP contribution in [0.15, 0.2) is 12.1 Å². The molecule has 1 fully saturated rings. The first-order chi connectivity index (χ1) is 8.93. The second-order valence-electron chi connectivity index (χ2n) is 6.46. The van der Waals surface area contributed by atoms with Crippen molar-refractivity contribution in [2.24, 2.45) is 17.6 Å². The lowest BCUT2D eigenvalue weighted by molar-refractivity contribution is 0.236.